The van der Waals surface area contributed by atoms with Crippen LogP contribution >= 0.6 is 0 Å². The van der Waals surface area contributed by atoms with Gasteiger partial charge < -0.3 is 19.3 Å². The Morgan fingerprint density at radius 3 is 2.55 bits per heavy atom. The van der Waals surface area contributed by atoms with Crippen molar-refractivity contribution in [1.29, 1.82) is 0 Å². The highest BCUT2D eigenvalue weighted by atomic mass is 16.5. The summed E-state index contributed by atoms with van der Waals surface area (Å²) in [6.07, 6.45) is 3.70. The second-order valence-corrected chi connectivity index (χ2v) is 8.70. The molecule has 0 bridgehead atoms. The molecule has 0 N–H and O–H groups in total. The second-order valence-electron chi connectivity index (χ2n) is 8.70. The van der Waals surface area contributed by atoms with Crippen molar-refractivity contribution in [2.75, 3.05) is 38.8 Å². The maximum Gasteiger partial charge on any atom is 0.229 e. The average molecular weight is 425 g/mol. The van der Waals surface area contributed by atoms with Crippen LogP contribution in [0.25, 0.3) is 0 Å². The van der Waals surface area contributed by atoms with Crippen molar-refractivity contribution in [3.05, 3.63) is 47.2 Å². The molecule has 0 aliphatic carbocycles. The van der Waals surface area contributed by atoms with Crippen molar-refractivity contribution in [3.8, 4) is 5.88 Å². The van der Waals surface area contributed by atoms with Crippen LogP contribution in [0.4, 0.5) is 5.95 Å². The average Bonchev–Trinajstić information content (AvgIpc) is 2.78. The zero-order valence-electron chi connectivity index (χ0n) is 18.8. The van der Waals surface area contributed by atoms with E-state index in [1.807, 2.05) is 19.1 Å². The molecule has 3 heterocycles. The number of benzene rings is 1. The van der Waals surface area contributed by atoms with Crippen LogP contribution in [-0.2, 0) is 22.7 Å². The lowest BCUT2D eigenvalue weighted by molar-refractivity contribution is -0.148. The van der Waals surface area contributed by atoms with E-state index >= 15 is 0 Å². The molecule has 2 saturated heterocycles. The van der Waals surface area contributed by atoms with Gasteiger partial charge in [0.2, 0.25) is 17.7 Å². The Balaban J connectivity index is 1.44. The summed E-state index contributed by atoms with van der Waals surface area (Å²) in [6, 6.07) is 10.2. The van der Waals surface area contributed by atoms with Crippen LogP contribution in [0.15, 0.2) is 30.3 Å². The number of piperidine rings is 2. The predicted molar refractivity (Wildman–Crippen MR) is 119 cm³/mol. The third-order valence-corrected chi connectivity index (χ3v) is 6.53. The summed E-state index contributed by atoms with van der Waals surface area (Å²) in [6.45, 7) is 5.61. The first kappa shape index (κ1) is 21.6. The molecule has 1 amide bonds. The summed E-state index contributed by atoms with van der Waals surface area (Å²) < 4.78 is 10.6. The Kier molecular flexibility index (Phi) is 6.41. The lowest BCUT2D eigenvalue weighted by Crippen LogP contribution is -2.53. The Bertz CT molecular complexity index is 925. The molecule has 0 unspecified atom stereocenters. The number of anilines is 1. The lowest BCUT2D eigenvalue weighted by Gasteiger charge is -2.46. The summed E-state index contributed by atoms with van der Waals surface area (Å²) in [4.78, 5) is 26.9. The van der Waals surface area contributed by atoms with E-state index in [9.17, 15) is 4.79 Å². The molecular weight excluding hydrogens is 392 g/mol. The predicted octanol–water partition coefficient (Wildman–Crippen LogP) is 3.35. The van der Waals surface area contributed by atoms with E-state index in [1.54, 1.807) is 14.2 Å². The Morgan fingerprint density at radius 1 is 1.03 bits per heavy atom. The number of hydrogen-bond donors (Lipinski definition) is 0. The van der Waals surface area contributed by atoms with Crippen molar-refractivity contribution >= 4 is 11.9 Å². The molecule has 0 radical (unpaired) electrons. The molecule has 2 aromatic rings. The molecule has 0 saturated carbocycles. The van der Waals surface area contributed by atoms with Crippen LogP contribution in [0.1, 0.15) is 42.5 Å². The number of likely N-dealkylation sites (tertiary alicyclic amines) is 1. The van der Waals surface area contributed by atoms with Crippen molar-refractivity contribution < 1.29 is 14.3 Å². The van der Waals surface area contributed by atoms with Gasteiger partial charge in [-0.1, -0.05) is 24.3 Å². The standard InChI is InChI=1S/C24H32N4O3/c1-18-14-21(31-3)26-23(25-18)27-12-9-24(10-13-27)8-5-11-28(22(24)29)16-19-6-4-7-20(15-19)17-30-2/h4,6-7,14-15H,5,8-13,16-17H2,1-3H3. The number of amides is 1. The minimum Gasteiger partial charge on any atom is -0.481 e. The van der Waals surface area contributed by atoms with Gasteiger partial charge in [0.25, 0.3) is 0 Å². The third-order valence-electron chi connectivity index (χ3n) is 6.53. The quantitative estimate of drug-likeness (QED) is 0.708. The number of aromatic nitrogens is 2. The number of nitrogens with zero attached hydrogens (tertiary/aromatic N) is 4. The highest BCUT2D eigenvalue weighted by Gasteiger charge is 2.45. The number of aryl methyl sites for hydroxylation is 1. The van der Waals surface area contributed by atoms with Crippen molar-refractivity contribution in [3.63, 3.8) is 0 Å². The van der Waals surface area contributed by atoms with Crippen molar-refractivity contribution in [2.24, 2.45) is 5.41 Å². The zero-order chi connectivity index (χ0) is 21.8. The summed E-state index contributed by atoms with van der Waals surface area (Å²) in [5.41, 5.74) is 2.93. The molecule has 2 fully saturated rings. The Hall–Kier alpha value is -2.67. The summed E-state index contributed by atoms with van der Waals surface area (Å²) in [5, 5.41) is 0. The molecular formula is C24H32N4O3. The molecule has 1 aromatic heterocycles. The second kappa shape index (κ2) is 9.22. The fraction of sp³-hybridized carbons (Fsp3) is 0.542. The van der Waals surface area contributed by atoms with E-state index < -0.39 is 0 Å². The normalized spacial score (nSPS) is 18.5. The summed E-state index contributed by atoms with van der Waals surface area (Å²) in [5.74, 6) is 1.58. The van der Waals surface area contributed by atoms with Gasteiger partial charge in [-0.25, -0.2) is 4.98 Å². The van der Waals surface area contributed by atoms with Gasteiger partial charge in [-0.2, -0.15) is 4.98 Å². The van der Waals surface area contributed by atoms with E-state index in [0.717, 1.165) is 62.1 Å². The van der Waals surface area contributed by atoms with E-state index in [1.165, 1.54) is 0 Å². The Labute approximate surface area is 184 Å². The van der Waals surface area contributed by atoms with Gasteiger partial charge in [-0.3, -0.25) is 4.79 Å². The van der Waals surface area contributed by atoms with Gasteiger partial charge in [0, 0.05) is 45.0 Å². The fourth-order valence-corrected chi connectivity index (χ4v) is 4.88. The zero-order valence-corrected chi connectivity index (χ0v) is 18.8. The molecule has 7 heteroatoms. The monoisotopic (exact) mass is 424 g/mol. The van der Waals surface area contributed by atoms with Gasteiger partial charge in [0.05, 0.1) is 19.1 Å². The van der Waals surface area contributed by atoms with Gasteiger partial charge in [0.15, 0.2) is 0 Å². The highest BCUT2D eigenvalue weighted by Crippen LogP contribution is 2.42. The molecule has 31 heavy (non-hydrogen) atoms. The van der Waals surface area contributed by atoms with Gasteiger partial charge >= 0.3 is 0 Å². The number of ether oxygens (including phenoxy) is 2. The van der Waals surface area contributed by atoms with E-state index in [4.69, 9.17) is 9.47 Å². The minimum absolute atomic E-state index is 0.257. The van der Waals surface area contributed by atoms with Gasteiger partial charge in [-0.05, 0) is 43.7 Å². The maximum atomic E-state index is 13.5. The molecule has 4 rings (SSSR count). The number of carbonyl (C=O) groups excluding carboxylic acids is 1. The van der Waals surface area contributed by atoms with Gasteiger partial charge in [-0.15, -0.1) is 0 Å². The SMILES string of the molecule is COCc1cccc(CN2CCCC3(CCN(c4nc(C)cc(OC)n4)CC3)C2=O)c1. The van der Waals surface area contributed by atoms with Crippen molar-refractivity contribution in [2.45, 2.75) is 45.8 Å². The maximum absolute atomic E-state index is 13.5. The van der Waals surface area contributed by atoms with Crippen LogP contribution in [0.3, 0.4) is 0 Å². The largest absolute Gasteiger partial charge is 0.481 e. The summed E-state index contributed by atoms with van der Waals surface area (Å²) in [7, 11) is 3.33. The lowest BCUT2D eigenvalue weighted by atomic mass is 9.71. The first-order valence-corrected chi connectivity index (χ1v) is 11.0. The molecule has 2 aliphatic heterocycles. The number of carbonyl (C=O) groups is 1. The van der Waals surface area contributed by atoms with Gasteiger partial charge in [0.1, 0.15) is 0 Å². The first-order chi connectivity index (χ1) is 15.0. The Morgan fingerprint density at radius 2 is 1.81 bits per heavy atom. The number of methoxy groups -OCH3 is 2. The van der Waals surface area contributed by atoms with Crippen LogP contribution < -0.4 is 9.64 Å². The highest BCUT2D eigenvalue weighted by molar-refractivity contribution is 5.84. The number of rotatable bonds is 6. The minimum atomic E-state index is -0.257. The molecule has 1 spiro atoms. The number of hydrogen-bond acceptors (Lipinski definition) is 6. The van der Waals surface area contributed by atoms with E-state index in [2.05, 4.69) is 38.0 Å². The van der Waals surface area contributed by atoms with E-state index in [-0.39, 0.29) is 5.41 Å². The van der Waals surface area contributed by atoms with E-state index in [0.29, 0.717) is 30.9 Å². The van der Waals surface area contributed by atoms with Crippen molar-refractivity contribution in [1.82, 2.24) is 14.9 Å². The third kappa shape index (κ3) is 4.66. The summed E-state index contributed by atoms with van der Waals surface area (Å²) >= 11 is 0. The van der Waals surface area contributed by atoms with Crippen LogP contribution in [0.2, 0.25) is 0 Å². The fourth-order valence-electron chi connectivity index (χ4n) is 4.88. The first-order valence-electron chi connectivity index (χ1n) is 11.0. The molecule has 0 atom stereocenters. The van der Waals surface area contributed by atoms with Crippen LogP contribution in [0, 0.1) is 12.3 Å². The van der Waals surface area contributed by atoms with Crippen LogP contribution in [0.5, 0.6) is 5.88 Å². The smallest absolute Gasteiger partial charge is 0.229 e. The molecule has 2 aliphatic rings. The molecule has 1 aromatic carbocycles. The molecule has 166 valence electrons. The topological polar surface area (TPSA) is 67.8 Å². The molecule has 7 nitrogen and oxygen atoms in total. The van der Waals surface area contributed by atoms with Crippen LogP contribution in [-0.4, -0.2) is 54.6 Å².